The van der Waals surface area contributed by atoms with Crippen LogP contribution in [0.4, 0.5) is 0 Å². The van der Waals surface area contributed by atoms with Crippen molar-refractivity contribution in [2.24, 2.45) is 5.92 Å². The number of aliphatic hydroxyl groups is 2. The van der Waals surface area contributed by atoms with Crippen molar-refractivity contribution in [2.45, 2.75) is 30.1 Å². The Bertz CT molecular complexity index is 1190. The van der Waals surface area contributed by atoms with Gasteiger partial charge in [-0.1, -0.05) is 49.1 Å². The molecule has 0 radical (unpaired) electrons. The van der Waals surface area contributed by atoms with Gasteiger partial charge in [-0.15, -0.1) is 0 Å². The van der Waals surface area contributed by atoms with E-state index in [2.05, 4.69) is 22.9 Å². The number of rotatable bonds is 7. The third kappa shape index (κ3) is 3.18. The molecular weight excluding hydrogens is 430 g/mol. The van der Waals surface area contributed by atoms with Crippen LogP contribution in [0, 0.1) is 17.2 Å². The Kier molecular flexibility index (Phi) is 6.32. The summed E-state index contributed by atoms with van der Waals surface area (Å²) >= 11 is 0. The molecule has 2 aliphatic rings. The fraction of sp³-hybridized carbons (Fsp3) is 0.333. The quantitative estimate of drug-likeness (QED) is 0.432. The normalized spacial score (nSPS) is 29.9. The molecule has 1 aliphatic heterocycles. The molecule has 0 spiro atoms. The van der Waals surface area contributed by atoms with Crippen LogP contribution in [-0.2, 0) is 5.60 Å². The molecule has 1 aromatic heterocycles. The lowest BCUT2D eigenvalue weighted by atomic mass is 9.70. The maximum absolute atomic E-state index is 12.5. The SMILES string of the molecule is C=C(/C=C\C(C#N)=C/C)C12Oc3cncc(OC)c3C1(O)[C@H](O)C(CNC)C2c1ccccc1. The first kappa shape index (κ1) is 23.7. The molecule has 5 atom stereocenters. The number of aliphatic hydroxyl groups excluding tert-OH is 1. The molecule has 1 fully saturated rings. The Balaban J connectivity index is 2.02. The van der Waals surface area contributed by atoms with E-state index in [0.29, 0.717) is 34.8 Å². The summed E-state index contributed by atoms with van der Waals surface area (Å²) < 4.78 is 12.1. The number of aromatic nitrogens is 1. The lowest BCUT2D eigenvalue weighted by Gasteiger charge is -2.41. The molecule has 3 N–H and O–H groups in total. The highest BCUT2D eigenvalue weighted by Crippen LogP contribution is 2.67. The average Bonchev–Trinajstić information content (AvgIpc) is 3.24. The second-order valence-electron chi connectivity index (χ2n) is 8.59. The van der Waals surface area contributed by atoms with Crippen molar-refractivity contribution in [1.29, 1.82) is 5.26 Å². The second kappa shape index (κ2) is 9.07. The summed E-state index contributed by atoms with van der Waals surface area (Å²) in [5.41, 5.74) is -1.26. The maximum atomic E-state index is 12.5. The molecule has 34 heavy (non-hydrogen) atoms. The molecule has 0 amide bonds. The minimum atomic E-state index is -1.89. The van der Waals surface area contributed by atoms with Crippen LogP contribution < -0.4 is 14.8 Å². The van der Waals surface area contributed by atoms with Gasteiger partial charge in [0.25, 0.3) is 0 Å². The van der Waals surface area contributed by atoms with Gasteiger partial charge in [0.1, 0.15) is 11.5 Å². The first-order valence-corrected chi connectivity index (χ1v) is 11.2. The fourth-order valence-corrected chi connectivity index (χ4v) is 5.56. The molecule has 1 saturated carbocycles. The van der Waals surface area contributed by atoms with Gasteiger partial charge < -0.3 is 25.0 Å². The van der Waals surface area contributed by atoms with Crippen molar-refractivity contribution in [3.8, 4) is 17.6 Å². The van der Waals surface area contributed by atoms with E-state index < -0.39 is 29.1 Å². The number of benzene rings is 1. The van der Waals surface area contributed by atoms with Crippen LogP contribution in [-0.4, -0.2) is 47.6 Å². The Hall–Kier alpha value is -3.44. The largest absolute Gasteiger partial charge is 0.495 e. The van der Waals surface area contributed by atoms with E-state index in [0.717, 1.165) is 5.56 Å². The molecule has 1 aliphatic carbocycles. The van der Waals surface area contributed by atoms with E-state index in [9.17, 15) is 15.5 Å². The fourth-order valence-electron chi connectivity index (χ4n) is 5.56. The van der Waals surface area contributed by atoms with E-state index >= 15 is 0 Å². The van der Waals surface area contributed by atoms with Crippen LogP contribution in [0.2, 0.25) is 0 Å². The van der Waals surface area contributed by atoms with Crippen molar-refractivity contribution in [2.75, 3.05) is 20.7 Å². The smallest absolute Gasteiger partial charge is 0.176 e. The molecule has 0 bridgehead atoms. The van der Waals surface area contributed by atoms with E-state index in [1.54, 1.807) is 32.2 Å². The van der Waals surface area contributed by atoms with E-state index in [-0.39, 0.29) is 0 Å². The zero-order valence-corrected chi connectivity index (χ0v) is 19.5. The standard InChI is InChI=1S/C27H29N3O4/c1-5-18(13-28)12-11-17(2)27-23(19-9-7-6-8-10-19)20(14-29-3)25(31)26(27,32)24-21(33-4)15-30-16-22(24)34-27/h5-12,15-16,20,23,25,29,31-32H,2,14H2,1,3-4H3/b12-11-,18-5+/t20?,23?,25-,26?,27?/m1/s1. The monoisotopic (exact) mass is 459 g/mol. The molecule has 176 valence electrons. The summed E-state index contributed by atoms with van der Waals surface area (Å²) in [4.78, 5) is 4.20. The lowest BCUT2D eigenvalue weighted by molar-refractivity contribution is -0.130. The maximum Gasteiger partial charge on any atom is 0.176 e. The number of allylic oxidation sites excluding steroid dienone is 3. The number of nitrogens with one attached hydrogen (secondary N) is 1. The van der Waals surface area contributed by atoms with Crippen LogP contribution in [0.5, 0.6) is 11.5 Å². The minimum Gasteiger partial charge on any atom is -0.495 e. The number of nitrogens with zero attached hydrogens (tertiary/aromatic N) is 2. The van der Waals surface area contributed by atoms with Crippen molar-refractivity contribution < 1.29 is 19.7 Å². The van der Waals surface area contributed by atoms with Crippen LogP contribution in [0.3, 0.4) is 0 Å². The summed E-state index contributed by atoms with van der Waals surface area (Å²) in [7, 11) is 3.29. The second-order valence-corrected chi connectivity index (χ2v) is 8.59. The van der Waals surface area contributed by atoms with E-state index in [1.807, 2.05) is 30.3 Å². The molecule has 4 rings (SSSR count). The van der Waals surface area contributed by atoms with Gasteiger partial charge in [-0.25, -0.2) is 0 Å². The lowest BCUT2D eigenvalue weighted by Crippen LogP contribution is -2.55. The van der Waals surface area contributed by atoms with Crippen LogP contribution in [0.15, 0.2) is 78.7 Å². The number of hydrogen-bond acceptors (Lipinski definition) is 7. The molecule has 2 heterocycles. The van der Waals surface area contributed by atoms with Crippen LogP contribution >= 0.6 is 0 Å². The van der Waals surface area contributed by atoms with Crippen LogP contribution in [0.1, 0.15) is 24.0 Å². The van der Waals surface area contributed by atoms with Crippen molar-refractivity contribution >= 4 is 0 Å². The summed E-state index contributed by atoms with van der Waals surface area (Å²) in [5, 5.41) is 36.8. The van der Waals surface area contributed by atoms with E-state index in [1.165, 1.54) is 19.5 Å². The van der Waals surface area contributed by atoms with Crippen molar-refractivity contribution in [1.82, 2.24) is 10.3 Å². The van der Waals surface area contributed by atoms with Gasteiger partial charge in [-0.05, 0) is 31.2 Å². The Morgan fingerprint density at radius 2 is 2.06 bits per heavy atom. The van der Waals surface area contributed by atoms with Crippen LogP contribution in [0.25, 0.3) is 0 Å². The third-order valence-electron chi connectivity index (χ3n) is 6.99. The van der Waals surface area contributed by atoms with Gasteiger partial charge >= 0.3 is 0 Å². The molecule has 1 aromatic carbocycles. The molecule has 2 aromatic rings. The van der Waals surface area contributed by atoms with Gasteiger partial charge in [0.05, 0.1) is 37.2 Å². The van der Waals surface area contributed by atoms with Gasteiger partial charge in [0.15, 0.2) is 11.2 Å². The number of nitriles is 1. The molecule has 0 saturated heterocycles. The molecule has 7 nitrogen and oxygen atoms in total. The summed E-state index contributed by atoms with van der Waals surface area (Å²) in [6, 6.07) is 11.8. The summed E-state index contributed by atoms with van der Waals surface area (Å²) in [6.07, 6.45) is 6.80. The van der Waals surface area contributed by atoms with E-state index in [4.69, 9.17) is 9.47 Å². The third-order valence-corrected chi connectivity index (χ3v) is 6.99. The average molecular weight is 460 g/mol. The number of methoxy groups -OCH3 is 1. The van der Waals surface area contributed by atoms with Gasteiger partial charge in [-0.2, -0.15) is 5.26 Å². The Morgan fingerprint density at radius 1 is 1.32 bits per heavy atom. The zero-order valence-electron chi connectivity index (χ0n) is 19.5. The number of ether oxygens (including phenoxy) is 2. The molecule has 4 unspecified atom stereocenters. The Morgan fingerprint density at radius 3 is 2.68 bits per heavy atom. The predicted molar refractivity (Wildman–Crippen MR) is 128 cm³/mol. The van der Waals surface area contributed by atoms with Gasteiger partial charge in [-0.3, -0.25) is 4.98 Å². The summed E-state index contributed by atoms with van der Waals surface area (Å²) in [5.74, 6) is -0.260. The highest BCUT2D eigenvalue weighted by atomic mass is 16.5. The van der Waals surface area contributed by atoms with Gasteiger partial charge in [0, 0.05) is 24.0 Å². The minimum absolute atomic E-state index is 0.320. The molecule has 7 heteroatoms. The number of fused-ring (bicyclic) bond motifs is 3. The predicted octanol–water partition coefficient (Wildman–Crippen LogP) is 2.99. The number of pyridine rings is 1. The Labute approximate surface area is 199 Å². The topological polar surface area (TPSA) is 108 Å². The zero-order chi connectivity index (χ0) is 24.5. The molecular formula is C27H29N3O4. The first-order valence-electron chi connectivity index (χ1n) is 11.2. The summed E-state index contributed by atoms with van der Waals surface area (Å²) in [6.45, 7) is 6.49. The van der Waals surface area contributed by atoms with Crippen molar-refractivity contribution in [3.05, 3.63) is 89.8 Å². The number of hydrogen-bond donors (Lipinski definition) is 3. The van der Waals surface area contributed by atoms with Crippen molar-refractivity contribution in [3.63, 3.8) is 0 Å². The van der Waals surface area contributed by atoms with Gasteiger partial charge in [0.2, 0.25) is 0 Å². The highest BCUT2D eigenvalue weighted by Gasteiger charge is 2.76. The first-order chi connectivity index (χ1) is 16.4. The highest BCUT2D eigenvalue weighted by molar-refractivity contribution is 5.61.